The Morgan fingerprint density at radius 2 is 2.05 bits per heavy atom. The molecule has 2 heterocycles. The first-order valence-electron chi connectivity index (χ1n) is 7.36. The van der Waals surface area contributed by atoms with Crippen molar-refractivity contribution < 1.29 is 5.11 Å². The van der Waals surface area contributed by atoms with Crippen LogP contribution < -0.4 is 10.6 Å². The predicted molar refractivity (Wildman–Crippen MR) is 84.5 cm³/mol. The molecular weight excluding hydrogens is 264 g/mol. The number of β-amino-alcohol motifs (C(OH)–C–C–N with tert-alkyl or cyclic N) is 1. The highest BCUT2D eigenvalue weighted by atomic mass is 16.3. The lowest BCUT2D eigenvalue weighted by atomic mass is 10.2. The van der Waals surface area contributed by atoms with E-state index in [2.05, 4.69) is 28.2 Å². The van der Waals surface area contributed by atoms with Crippen molar-refractivity contribution >= 4 is 11.4 Å². The largest absolute Gasteiger partial charge is 0.396 e. The van der Waals surface area contributed by atoms with Crippen molar-refractivity contribution in [2.75, 3.05) is 23.7 Å². The maximum Gasteiger partial charge on any atom is 0.0910 e. The first-order chi connectivity index (χ1) is 10.1. The minimum atomic E-state index is -0.464. The molecular formula is C16H22N4O. The quantitative estimate of drug-likeness (QED) is 0.894. The Morgan fingerprint density at radius 1 is 1.29 bits per heavy atom. The molecule has 0 amide bonds. The number of aromatic nitrogens is 2. The zero-order valence-electron chi connectivity index (χ0n) is 12.6. The van der Waals surface area contributed by atoms with Crippen LogP contribution in [0.3, 0.4) is 0 Å². The zero-order chi connectivity index (χ0) is 15.0. The highest BCUT2D eigenvalue weighted by molar-refractivity contribution is 5.57. The summed E-state index contributed by atoms with van der Waals surface area (Å²) in [5.41, 5.74) is 11.0. The minimum Gasteiger partial charge on any atom is -0.396 e. The molecule has 112 valence electrons. The van der Waals surface area contributed by atoms with Gasteiger partial charge in [0, 0.05) is 18.8 Å². The fourth-order valence-corrected chi connectivity index (χ4v) is 3.00. The molecule has 1 aliphatic rings. The summed E-state index contributed by atoms with van der Waals surface area (Å²) in [6.07, 6.45) is 0.587. The van der Waals surface area contributed by atoms with Crippen LogP contribution in [-0.2, 0) is 13.0 Å². The highest BCUT2D eigenvalue weighted by Crippen LogP contribution is 2.27. The zero-order valence-corrected chi connectivity index (χ0v) is 12.6. The molecule has 1 aromatic carbocycles. The third-order valence-corrected chi connectivity index (χ3v) is 4.24. The topological polar surface area (TPSA) is 67.3 Å². The molecule has 1 unspecified atom stereocenters. The molecule has 0 saturated heterocycles. The lowest BCUT2D eigenvalue weighted by molar-refractivity contribution is 0.154. The molecule has 2 aromatic rings. The molecule has 3 rings (SSSR count). The summed E-state index contributed by atoms with van der Waals surface area (Å²) in [6, 6.07) is 8.39. The number of nitrogen functional groups attached to an aromatic ring is 1. The number of benzene rings is 1. The van der Waals surface area contributed by atoms with Crippen LogP contribution in [0.2, 0.25) is 0 Å². The van der Waals surface area contributed by atoms with Gasteiger partial charge >= 0.3 is 0 Å². The summed E-state index contributed by atoms with van der Waals surface area (Å²) >= 11 is 0. The van der Waals surface area contributed by atoms with E-state index in [0.717, 1.165) is 24.4 Å². The van der Waals surface area contributed by atoms with Gasteiger partial charge in [0.1, 0.15) is 0 Å². The van der Waals surface area contributed by atoms with E-state index < -0.39 is 6.10 Å². The van der Waals surface area contributed by atoms with Gasteiger partial charge in [-0.25, -0.2) is 0 Å². The van der Waals surface area contributed by atoms with Crippen molar-refractivity contribution in [2.45, 2.75) is 32.9 Å². The second kappa shape index (κ2) is 5.41. The molecule has 0 bridgehead atoms. The van der Waals surface area contributed by atoms with Crippen molar-refractivity contribution in [3.8, 4) is 0 Å². The Balaban J connectivity index is 1.68. The van der Waals surface area contributed by atoms with E-state index in [4.69, 9.17) is 5.73 Å². The van der Waals surface area contributed by atoms with Gasteiger partial charge in [-0.2, -0.15) is 5.10 Å². The Kier molecular flexibility index (Phi) is 3.59. The number of rotatable bonds is 4. The number of hydrogen-bond acceptors (Lipinski definition) is 4. The second-order valence-electron chi connectivity index (χ2n) is 5.75. The molecule has 21 heavy (non-hydrogen) atoms. The van der Waals surface area contributed by atoms with E-state index in [0.29, 0.717) is 18.8 Å². The van der Waals surface area contributed by atoms with Crippen molar-refractivity contribution in [3.05, 3.63) is 41.2 Å². The third kappa shape index (κ3) is 2.61. The number of aliphatic hydroxyl groups is 1. The first kappa shape index (κ1) is 13.9. The molecule has 5 heteroatoms. The van der Waals surface area contributed by atoms with Crippen molar-refractivity contribution in [1.82, 2.24) is 9.78 Å². The Labute approximate surface area is 125 Å². The van der Waals surface area contributed by atoms with Gasteiger partial charge < -0.3 is 15.7 Å². The monoisotopic (exact) mass is 286 g/mol. The normalized spacial score (nSPS) is 15.3. The minimum absolute atomic E-state index is 0.464. The van der Waals surface area contributed by atoms with Crippen LogP contribution in [0.25, 0.3) is 0 Å². The molecule has 0 spiro atoms. The lowest BCUT2D eigenvalue weighted by Crippen LogP contribution is -2.34. The van der Waals surface area contributed by atoms with E-state index in [1.165, 1.54) is 11.3 Å². The van der Waals surface area contributed by atoms with Gasteiger partial charge in [0.25, 0.3) is 0 Å². The fourth-order valence-electron chi connectivity index (χ4n) is 3.00. The van der Waals surface area contributed by atoms with Gasteiger partial charge in [-0.1, -0.05) is 18.2 Å². The number of anilines is 2. The van der Waals surface area contributed by atoms with Gasteiger partial charge in [0.05, 0.1) is 29.7 Å². The van der Waals surface area contributed by atoms with Crippen LogP contribution in [0.5, 0.6) is 0 Å². The SMILES string of the molecule is Cc1nn(CC(O)CN2CCc3ccccc32)c(C)c1N. The van der Waals surface area contributed by atoms with Gasteiger partial charge in [0.2, 0.25) is 0 Å². The van der Waals surface area contributed by atoms with Gasteiger partial charge in [-0.15, -0.1) is 0 Å². The number of hydrogen-bond donors (Lipinski definition) is 2. The Morgan fingerprint density at radius 3 is 2.76 bits per heavy atom. The number of para-hydroxylation sites is 1. The summed E-state index contributed by atoms with van der Waals surface area (Å²) in [5.74, 6) is 0. The first-order valence-corrected chi connectivity index (χ1v) is 7.36. The maximum atomic E-state index is 10.4. The summed E-state index contributed by atoms with van der Waals surface area (Å²) < 4.78 is 1.80. The number of nitrogens with two attached hydrogens (primary N) is 1. The molecule has 5 nitrogen and oxygen atoms in total. The lowest BCUT2D eigenvalue weighted by Gasteiger charge is -2.23. The molecule has 0 saturated carbocycles. The standard InChI is InChI=1S/C16H22N4O/c1-11-16(17)12(2)20(18-11)10-14(21)9-19-8-7-13-5-3-4-6-15(13)19/h3-6,14,21H,7-10,17H2,1-2H3. The van der Waals surface area contributed by atoms with Gasteiger partial charge in [0.15, 0.2) is 0 Å². The van der Waals surface area contributed by atoms with E-state index in [1.807, 2.05) is 19.9 Å². The van der Waals surface area contributed by atoms with Crippen LogP contribution in [0, 0.1) is 13.8 Å². The van der Waals surface area contributed by atoms with Crippen LogP contribution in [-0.4, -0.2) is 34.1 Å². The molecule has 1 aromatic heterocycles. The number of aliphatic hydroxyl groups excluding tert-OH is 1. The van der Waals surface area contributed by atoms with Crippen molar-refractivity contribution in [1.29, 1.82) is 0 Å². The molecule has 0 aliphatic carbocycles. The summed E-state index contributed by atoms with van der Waals surface area (Å²) in [5, 5.41) is 14.8. The average molecular weight is 286 g/mol. The molecule has 0 radical (unpaired) electrons. The van der Waals surface area contributed by atoms with Crippen molar-refractivity contribution in [3.63, 3.8) is 0 Å². The summed E-state index contributed by atoms with van der Waals surface area (Å²) in [4.78, 5) is 2.25. The van der Waals surface area contributed by atoms with Gasteiger partial charge in [-0.05, 0) is 31.9 Å². The Hall–Kier alpha value is -2.01. The highest BCUT2D eigenvalue weighted by Gasteiger charge is 2.21. The Bertz CT molecular complexity index is 650. The van der Waals surface area contributed by atoms with E-state index in [-0.39, 0.29) is 0 Å². The van der Waals surface area contributed by atoms with E-state index in [1.54, 1.807) is 4.68 Å². The molecule has 1 atom stereocenters. The van der Waals surface area contributed by atoms with Crippen LogP contribution >= 0.6 is 0 Å². The number of nitrogens with zero attached hydrogens (tertiary/aromatic N) is 3. The third-order valence-electron chi connectivity index (χ3n) is 4.24. The summed E-state index contributed by atoms with van der Waals surface area (Å²) in [6.45, 7) is 5.89. The maximum absolute atomic E-state index is 10.4. The molecule has 0 fully saturated rings. The fraction of sp³-hybridized carbons (Fsp3) is 0.438. The summed E-state index contributed by atoms with van der Waals surface area (Å²) in [7, 11) is 0. The van der Waals surface area contributed by atoms with Crippen molar-refractivity contribution in [2.24, 2.45) is 0 Å². The van der Waals surface area contributed by atoms with Crippen LogP contribution in [0.1, 0.15) is 17.0 Å². The number of fused-ring (bicyclic) bond motifs is 1. The van der Waals surface area contributed by atoms with Crippen LogP contribution in [0.15, 0.2) is 24.3 Å². The van der Waals surface area contributed by atoms with Gasteiger partial charge in [-0.3, -0.25) is 4.68 Å². The van der Waals surface area contributed by atoms with E-state index in [9.17, 15) is 5.11 Å². The second-order valence-corrected chi connectivity index (χ2v) is 5.75. The average Bonchev–Trinajstić information content (AvgIpc) is 2.97. The van der Waals surface area contributed by atoms with Crippen LogP contribution in [0.4, 0.5) is 11.4 Å². The smallest absolute Gasteiger partial charge is 0.0910 e. The number of aryl methyl sites for hydroxylation is 1. The van der Waals surface area contributed by atoms with E-state index >= 15 is 0 Å². The molecule has 1 aliphatic heterocycles. The predicted octanol–water partition coefficient (Wildman–Crippen LogP) is 1.51. The molecule has 3 N–H and O–H groups in total.